The summed E-state index contributed by atoms with van der Waals surface area (Å²) in [4.78, 5) is 0. The number of hydrogen-bond donors (Lipinski definition) is 1. The molecule has 1 saturated carbocycles. The molecule has 1 unspecified atom stereocenters. The molecule has 1 aliphatic carbocycles. The minimum atomic E-state index is 0.708. The van der Waals surface area contributed by atoms with Gasteiger partial charge in [0.15, 0.2) is 0 Å². The lowest BCUT2D eigenvalue weighted by atomic mass is 9.92. The molecule has 2 atom stereocenters. The first-order chi connectivity index (χ1) is 8.74. The van der Waals surface area contributed by atoms with E-state index in [1.165, 1.54) is 70.6 Å². The second-order valence-corrected chi connectivity index (χ2v) is 6.46. The summed E-state index contributed by atoms with van der Waals surface area (Å²) in [6.45, 7) is 7.08. The van der Waals surface area contributed by atoms with Crippen molar-refractivity contribution in [2.45, 2.75) is 103 Å². The Kier molecular flexibility index (Phi) is 8.75. The Morgan fingerprint density at radius 2 is 1.61 bits per heavy atom. The molecule has 1 N–H and O–H groups in total. The van der Waals surface area contributed by atoms with E-state index in [1.54, 1.807) is 0 Å². The second kappa shape index (κ2) is 9.83. The number of hydrogen-bond acceptors (Lipinski definition) is 1. The Bertz CT molecular complexity index is 182. The van der Waals surface area contributed by atoms with Crippen molar-refractivity contribution in [2.75, 3.05) is 0 Å². The Hall–Kier alpha value is -0.0400. The van der Waals surface area contributed by atoms with Crippen molar-refractivity contribution in [3.05, 3.63) is 0 Å². The van der Waals surface area contributed by atoms with E-state index >= 15 is 0 Å². The molecule has 0 amide bonds. The van der Waals surface area contributed by atoms with Crippen LogP contribution in [0.4, 0.5) is 0 Å². The van der Waals surface area contributed by atoms with E-state index in [9.17, 15) is 0 Å². The van der Waals surface area contributed by atoms with Crippen LogP contribution in [0.1, 0.15) is 91.4 Å². The van der Waals surface area contributed by atoms with Gasteiger partial charge in [-0.25, -0.2) is 0 Å². The largest absolute Gasteiger partial charge is 0.312 e. The van der Waals surface area contributed by atoms with Crippen LogP contribution in [-0.4, -0.2) is 12.1 Å². The van der Waals surface area contributed by atoms with E-state index in [2.05, 4.69) is 26.1 Å². The van der Waals surface area contributed by atoms with Crippen molar-refractivity contribution in [1.29, 1.82) is 0 Å². The van der Waals surface area contributed by atoms with Gasteiger partial charge in [-0.15, -0.1) is 0 Å². The molecule has 0 heterocycles. The molecule has 0 aromatic rings. The van der Waals surface area contributed by atoms with Crippen molar-refractivity contribution >= 4 is 0 Å². The predicted octanol–water partition coefficient (Wildman–Crippen LogP) is 5.29. The molecule has 1 nitrogen and oxygen atoms in total. The van der Waals surface area contributed by atoms with Gasteiger partial charge in [0.1, 0.15) is 0 Å². The second-order valence-electron chi connectivity index (χ2n) is 6.46. The van der Waals surface area contributed by atoms with Gasteiger partial charge in [0.25, 0.3) is 0 Å². The summed E-state index contributed by atoms with van der Waals surface area (Å²) in [6.07, 6.45) is 15.7. The number of unbranched alkanes of at least 4 members (excludes halogenated alkanes) is 3. The average molecular weight is 253 g/mol. The third-order valence-electron chi connectivity index (χ3n) is 4.65. The molecular formula is C17H35N. The van der Waals surface area contributed by atoms with E-state index in [-0.39, 0.29) is 0 Å². The molecule has 108 valence electrons. The summed E-state index contributed by atoms with van der Waals surface area (Å²) in [5.74, 6) is 0.936. The van der Waals surface area contributed by atoms with Gasteiger partial charge in [0.05, 0.1) is 0 Å². The van der Waals surface area contributed by atoms with E-state index < -0.39 is 0 Å². The summed E-state index contributed by atoms with van der Waals surface area (Å²) in [5, 5.41) is 3.85. The highest BCUT2D eigenvalue weighted by molar-refractivity contribution is 4.77. The molecule has 0 aliphatic heterocycles. The Morgan fingerprint density at radius 1 is 0.944 bits per heavy atom. The molecule has 1 rings (SSSR count). The van der Waals surface area contributed by atoms with Gasteiger partial charge >= 0.3 is 0 Å². The lowest BCUT2D eigenvalue weighted by Gasteiger charge is -2.27. The molecule has 1 aliphatic rings. The van der Waals surface area contributed by atoms with Gasteiger partial charge in [-0.3, -0.25) is 0 Å². The van der Waals surface area contributed by atoms with Crippen molar-refractivity contribution in [3.63, 3.8) is 0 Å². The molecule has 0 spiro atoms. The lowest BCUT2D eigenvalue weighted by molar-refractivity contribution is 0.306. The number of nitrogens with one attached hydrogen (secondary N) is 1. The lowest BCUT2D eigenvalue weighted by Crippen LogP contribution is -2.39. The van der Waals surface area contributed by atoms with Crippen LogP contribution in [0.3, 0.4) is 0 Å². The van der Waals surface area contributed by atoms with Crippen LogP contribution in [-0.2, 0) is 0 Å². The highest BCUT2D eigenvalue weighted by atomic mass is 14.9. The molecule has 1 heteroatoms. The van der Waals surface area contributed by atoms with Crippen LogP contribution < -0.4 is 5.32 Å². The predicted molar refractivity (Wildman–Crippen MR) is 82.0 cm³/mol. The Labute approximate surface area is 115 Å². The molecule has 0 saturated heterocycles. The SMILES string of the molecule is CCCCCCC(C)N[C@@H](C)C1CCCCCC1. The fourth-order valence-electron chi connectivity index (χ4n) is 3.36. The minimum absolute atomic E-state index is 0.708. The van der Waals surface area contributed by atoms with E-state index in [0.717, 1.165) is 12.0 Å². The Balaban J connectivity index is 2.14. The summed E-state index contributed by atoms with van der Waals surface area (Å²) in [7, 11) is 0. The zero-order valence-corrected chi connectivity index (χ0v) is 13.0. The van der Waals surface area contributed by atoms with E-state index in [1.807, 2.05) is 0 Å². The maximum atomic E-state index is 3.85. The van der Waals surface area contributed by atoms with Gasteiger partial charge in [0, 0.05) is 12.1 Å². The standard InChI is InChI=1S/C17H35N/c1-4-5-6-9-12-15(2)18-16(3)17-13-10-7-8-11-14-17/h15-18H,4-14H2,1-3H3/t15?,16-/m0/s1. The maximum Gasteiger partial charge on any atom is 0.00694 e. The molecule has 0 bridgehead atoms. The quantitative estimate of drug-likeness (QED) is 0.457. The van der Waals surface area contributed by atoms with Crippen LogP contribution in [0.5, 0.6) is 0 Å². The third-order valence-corrected chi connectivity index (χ3v) is 4.65. The van der Waals surface area contributed by atoms with Gasteiger partial charge in [-0.1, -0.05) is 58.3 Å². The number of rotatable bonds is 8. The fraction of sp³-hybridized carbons (Fsp3) is 1.00. The van der Waals surface area contributed by atoms with Crippen molar-refractivity contribution in [2.24, 2.45) is 5.92 Å². The molecule has 0 aromatic carbocycles. The zero-order valence-electron chi connectivity index (χ0n) is 13.0. The summed E-state index contributed by atoms with van der Waals surface area (Å²) in [5.41, 5.74) is 0. The monoisotopic (exact) mass is 253 g/mol. The molecule has 1 fully saturated rings. The third kappa shape index (κ3) is 6.78. The van der Waals surface area contributed by atoms with Gasteiger partial charge in [0.2, 0.25) is 0 Å². The van der Waals surface area contributed by atoms with Crippen LogP contribution in [0.2, 0.25) is 0 Å². The first-order valence-electron chi connectivity index (χ1n) is 8.50. The molecule has 0 aromatic heterocycles. The normalized spacial score (nSPS) is 21.5. The highest BCUT2D eigenvalue weighted by Crippen LogP contribution is 2.25. The minimum Gasteiger partial charge on any atom is -0.312 e. The van der Waals surface area contributed by atoms with Crippen molar-refractivity contribution in [3.8, 4) is 0 Å². The maximum absolute atomic E-state index is 3.85. The van der Waals surface area contributed by atoms with E-state index in [0.29, 0.717) is 6.04 Å². The fourth-order valence-corrected chi connectivity index (χ4v) is 3.36. The highest BCUT2D eigenvalue weighted by Gasteiger charge is 2.19. The summed E-state index contributed by atoms with van der Waals surface area (Å²) in [6, 6.07) is 1.43. The van der Waals surface area contributed by atoms with Crippen LogP contribution >= 0.6 is 0 Å². The van der Waals surface area contributed by atoms with Crippen LogP contribution in [0.25, 0.3) is 0 Å². The summed E-state index contributed by atoms with van der Waals surface area (Å²) < 4.78 is 0. The molecule has 0 radical (unpaired) electrons. The molecular weight excluding hydrogens is 218 g/mol. The van der Waals surface area contributed by atoms with Gasteiger partial charge in [-0.2, -0.15) is 0 Å². The zero-order chi connectivity index (χ0) is 13.2. The van der Waals surface area contributed by atoms with Gasteiger partial charge < -0.3 is 5.32 Å². The first-order valence-corrected chi connectivity index (χ1v) is 8.50. The van der Waals surface area contributed by atoms with Crippen molar-refractivity contribution in [1.82, 2.24) is 5.32 Å². The molecule has 18 heavy (non-hydrogen) atoms. The van der Waals surface area contributed by atoms with Gasteiger partial charge in [-0.05, 0) is 39.0 Å². The smallest absolute Gasteiger partial charge is 0.00694 e. The Morgan fingerprint density at radius 3 is 2.22 bits per heavy atom. The summed E-state index contributed by atoms with van der Waals surface area (Å²) >= 11 is 0. The van der Waals surface area contributed by atoms with Crippen molar-refractivity contribution < 1.29 is 0 Å². The van der Waals surface area contributed by atoms with Crippen LogP contribution in [0, 0.1) is 5.92 Å². The topological polar surface area (TPSA) is 12.0 Å². The average Bonchev–Trinajstić information content (AvgIpc) is 2.63. The van der Waals surface area contributed by atoms with E-state index in [4.69, 9.17) is 0 Å². The first kappa shape index (κ1) is 16.0. The van der Waals surface area contributed by atoms with Crippen LogP contribution in [0.15, 0.2) is 0 Å².